The third-order valence-electron chi connectivity index (χ3n) is 1.90. The van der Waals surface area contributed by atoms with Crippen LogP contribution in [0.15, 0.2) is 18.5 Å². The summed E-state index contributed by atoms with van der Waals surface area (Å²) >= 11 is 5.62. The highest BCUT2D eigenvalue weighted by Gasteiger charge is 2.35. The number of nitrogens with zero attached hydrogens (tertiary/aromatic N) is 4. The van der Waals surface area contributed by atoms with Crippen molar-refractivity contribution >= 4 is 17.4 Å². The zero-order valence-electron chi connectivity index (χ0n) is 8.61. The summed E-state index contributed by atoms with van der Waals surface area (Å²) in [4.78, 5) is 6.56. The fourth-order valence-electron chi connectivity index (χ4n) is 1.18. The molecule has 10 heteroatoms. The van der Waals surface area contributed by atoms with E-state index in [0.29, 0.717) is 0 Å². The molecule has 2 rings (SSSR count). The van der Waals surface area contributed by atoms with Crippen LogP contribution >= 0.6 is 11.6 Å². The Kier molecular flexibility index (Phi) is 3.09. The molecule has 0 fully saturated rings. The number of nitrogens with one attached hydrogen (secondary N) is 1. The maximum atomic E-state index is 12.6. The van der Waals surface area contributed by atoms with E-state index in [0.717, 1.165) is 4.68 Å². The Bertz CT molecular complexity index is 566. The highest BCUT2D eigenvalue weighted by molar-refractivity contribution is 6.30. The molecule has 2 aromatic heterocycles. The van der Waals surface area contributed by atoms with Gasteiger partial charge >= 0.3 is 6.18 Å². The van der Waals surface area contributed by atoms with Crippen LogP contribution < -0.4 is 11.3 Å². The van der Waals surface area contributed by atoms with Gasteiger partial charge in [0.15, 0.2) is 5.82 Å². The van der Waals surface area contributed by atoms with Crippen LogP contribution in [0.2, 0.25) is 5.02 Å². The Morgan fingerprint density at radius 3 is 2.56 bits per heavy atom. The summed E-state index contributed by atoms with van der Waals surface area (Å²) in [5.74, 6) is 3.45. The summed E-state index contributed by atoms with van der Waals surface area (Å²) in [5.41, 5.74) is 2.03. The molecule has 0 aliphatic rings. The molecule has 96 valence electrons. The lowest BCUT2D eigenvalue weighted by Gasteiger charge is -2.09. The smallest absolute Gasteiger partial charge is 0.308 e. The van der Waals surface area contributed by atoms with Crippen LogP contribution in [0.1, 0.15) is 5.82 Å². The second kappa shape index (κ2) is 4.42. The Morgan fingerprint density at radius 1 is 1.33 bits per heavy atom. The molecule has 0 amide bonds. The molecular formula is C8H6ClF3N6. The average Bonchev–Trinajstić information content (AvgIpc) is 2.74. The Hall–Kier alpha value is -1.87. The van der Waals surface area contributed by atoms with Gasteiger partial charge in [-0.3, -0.25) is 0 Å². The van der Waals surface area contributed by atoms with E-state index in [2.05, 4.69) is 15.1 Å². The molecule has 3 N–H and O–H groups in total. The molecule has 18 heavy (non-hydrogen) atoms. The highest BCUT2D eigenvalue weighted by atomic mass is 35.5. The Balaban J connectivity index is 2.54. The molecule has 2 heterocycles. The summed E-state index contributed by atoms with van der Waals surface area (Å²) in [6.45, 7) is 0. The third kappa shape index (κ3) is 2.51. The number of nitrogen functional groups attached to an aromatic ring is 1. The maximum absolute atomic E-state index is 12.6. The minimum atomic E-state index is -4.68. The molecular weight excluding hydrogens is 273 g/mol. The first-order valence-corrected chi connectivity index (χ1v) is 4.91. The average molecular weight is 279 g/mol. The summed E-state index contributed by atoms with van der Waals surface area (Å²) < 4.78 is 38.8. The van der Waals surface area contributed by atoms with Crippen molar-refractivity contribution in [2.75, 3.05) is 5.43 Å². The first kappa shape index (κ1) is 12.6. The van der Waals surface area contributed by atoms with E-state index in [9.17, 15) is 13.2 Å². The van der Waals surface area contributed by atoms with Crippen molar-refractivity contribution in [2.45, 2.75) is 6.18 Å². The monoisotopic (exact) mass is 278 g/mol. The minimum Gasteiger partial charge on any atom is -0.308 e. The Labute approximate surface area is 104 Å². The summed E-state index contributed by atoms with van der Waals surface area (Å²) in [6.07, 6.45) is -2.10. The van der Waals surface area contributed by atoms with Gasteiger partial charge in [0, 0.05) is 6.07 Å². The number of halogens is 4. The molecule has 0 atom stereocenters. The van der Waals surface area contributed by atoms with Gasteiger partial charge in [0.25, 0.3) is 0 Å². The molecule has 0 bridgehead atoms. The van der Waals surface area contributed by atoms with Gasteiger partial charge in [-0.15, -0.1) is 0 Å². The van der Waals surface area contributed by atoms with E-state index < -0.39 is 12.0 Å². The van der Waals surface area contributed by atoms with Crippen molar-refractivity contribution in [3.63, 3.8) is 0 Å². The van der Waals surface area contributed by atoms with Crippen molar-refractivity contribution in [3.05, 3.63) is 29.3 Å². The number of nitrogens with two attached hydrogens (primary N) is 1. The number of hydrogen-bond acceptors (Lipinski definition) is 5. The maximum Gasteiger partial charge on any atom is 0.451 e. The second-order valence-electron chi connectivity index (χ2n) is 3.18. The molecule has 2 aromatic rings. The van der Waals surface area contributed by atoms with Gasteiger partial charge in [-0.2, -0.15) is 18.3 Å². The number of hydrazine groups is 1. The summed E-state index contributed by atoms with van der Waals surface area (Å²) in [6, 6.07) is 1.21. The van der Waals surface area contributed by atoms with Gasteiger partial charge < -0.3 is 5.43 Å². The van der Waals surface area contributed by atoms with E-state index in [1.54, 1.807) is 0 Å². The van der Waals surface area contributed by atoms with Crippen LogP contribution in [0.5, 0.6) is 0 Å². The lowest BCUT2D eigenvalue weighted by molar-refractivity contribution is -0.144. The van der Waals surface area contributed by atoms with E-state index in [1.165, 1.54) is 18.5 Å². The number of rotatable bonds is 2. The normalized spacial score (nSPS) is 11.6. The second-order valence-corrected chi connectivity index (χ2v) is 3.62. The highest BCUT2D eigenvalue weighted by Crippen LogP contribution is 2.27. The van der Waals surface area contributed by atoms with E-state index in [-0.39, 0.29) is 16.7 Å². The van der Waals surface area contributed by atoms with Crippen LogP contribution in [0.3, 0.4) is 0 Å². The summed E-state index contributed by atoms with van der Waals surface area (Å²) in [5, 5.41) is 4.01. The predicted molar refractivity (Wildman–Crippen MR) is 57.0 cm³/mol. The van der Waals surface area contributed by atoms with Crippen LogP contribution in [0.4, 0.5) is 19.0 Å². The van der Waals surface area contributed by atoms with Crippen molar-refractivity contribution in [1.82, 2.24) is 19.7 Å². The first-order valence-electron chi connectivity index (χ1n) is 4.53. The van der Waals surface area contributed by atoms with Crippen molar-refractivity contribution in [3.8, 4) is 5.82 Å². The lowest BCUT2D eigenvalue weighted by Crippen LogP contribution is -2.17. The van der Waals surface area contributed by atoms with Crippen LogP contribution in [0.25, 0.3) is 5.82 Å². The fourth-order valence-corrected chi connectivity index (χ4v) is 1.31. The van der Waals surface area contributed by atoms with Crippen molar-refractivity contribution < 1.29 is 13.2 Å². The van der Waals surface area contributed by atoms with E-state index >= 15 is 0 Å². The fraction of sp³-hybridized carbons (Fsp3) is 0.125. The first-order chi connectivity index (χ1) is 8.40. The SMILES string of the molecule is NNc1cc(-n2cc(Cl)cn2)nc(C(F)(F)F)n1. The van der Waals surface area contributed by atoms with Crippen LogP contribution in [-0.4, -0.2) is 19.7 Å². The van der Waals surface area contributed by atoms with Gasteiger partial charge in [-0.25, -0.2) is 20.5 Å². The minimum absolute atomic E-state index is 0.0998. The quantitative estimate of drug-likeness (QED) is 0.644. The molecule has 0 saturated heterocycles. The molecule has 6 nitrogen and oxygen atoms in total. The van der Waals surface area contributed by atoms with Gasteiger partial charge in [0.2, 0.25) is 5.82 Å². The van der Waals surface area contributed by atoms with Gasteiger partial charge in [-0.05, 0) is 0 Å². The standard InChI is InChI=1S/C8H6ClF3N6/c9-4-2-14-18(3-4)6-1-5(17-13)15-7(16-6)8(10,11)12/h1-3H,13H2,(H,15,16,17). The zero-order chi connectivity index (χ0) is 13.3. The molecule has 0 saturated carbocycles. The predicted octanol–water partition coefficient (Wildman–Crippen LogP) is 1.62. The van der Waals surface area contributed by atoms with E-state index in [1.807, 2.05) is 5.43 Å². The zero-order valence-corrected chi connectivity index (χ0v) is 9.37. The lowest BCUT2D eigenvalue weighted by atomic mass is 10.4. The molecule has 0 spiro atoms. The third-order valence-corrected chi connectivity index (χ3v) is 2.10. The summed E-state index contributed by atoms with van der Waals surface area (Å²) in [7, 11) is 0. The number of aromatic nitrogens is 4. The molecule has 0 aliphatic carbocycles. The van der Waals surface area contributed by atoms with Gasteiger partial charge in [0.1, 0.15) is 5.82 Å². The molecule has 0 aromatic carbocycles. The topological polar surface area (TPSA) is 81.6 Å². The van der Waals surface area contributed by atoms with Crippen molar-refractivity contribution in [2.24, 2.45) is 5.84 Å². The van der Waals surface area contributed by atoms with Crippen LogP contribution in [0, 0.1) is 0 Å². The van der Waals surface area contributed by atoms with Crippen molar-refractivity contribution in [1.29, 1.82) is 0 Å². The van der Waals surface area contributed by atoms with Gasteiger partial charge in [0.05, 0.1) is 17.4 Å². The Morgan fingerprint density at radius 2 is 2.06 bits per heavy atom. The number of anilines is 1. The number of alkyl halides is 3. The van der Waals surface area contributed by atoms with Crippen LogP contribution in [-0.2, 0) is 6.18 Å². The van der Waals surface area contributed by atoms with Gasteiger partial charge in [-0.1, -0.05) is 11.6 Å². The molecule has 0 aliphatic heterocycles. The largest absolute Gasteiger partial charge is 0.451 e. The molecule has 0 unspecified atom stereocenters. The molecule has 0 radical (unpaired) electrons. The van der Waals surface area contributed by atoms with E-state index in [4.69, 9.17) is 17.4 Å². The number of hydrogen-bond donors (Lipinski definition) is 2.